The summed E-state index contributed by atoms with van der Waals surface area (Å²) >= 11 is 0. The Kier molecular flexibility index (Phi) is 4.03. The first kappa shape index (κ1) is 15.6. The van der Waals surface area contributed by atoms with Crippen LogP contribution in [0.1, 0.15) is 60.3 Å². The zero-order chi connectivity index (χ0) is 15.1. The lowest BCUT2D eigenvalue weighted by atomic mass is 9.58. The molecule has 1 N–H and O–H groups in total. The van der Waals surface area contributed by atoms with Gasteiger partial charge < -0.3 is 9.84 Å². The predicted molar refractivity (Wildman–Crippen MR) is 79.2 cm³/mol. The van der Waals surface area contributed by atoms with E-state index in [2.05, 4.69) is 19.9 Å². The molecule has 0 unspecified atom stereocenters. The molecule has 0 aromatic heterocycles. The minimum Gasteiger partial charge on any atom is -0.459 e. The van der Waals surface area contributed by atoms with E-state index >= 15 is 0 Å². The summed E-state index contributed by atoms with van der Waals surface area (Å²) in [5, 5.41) is 10.4. The number of ether oxygens (including phenoxy) is 1. The standard InChI is InChI=1S/C17H28O3/c1-11-6-7-15(19)17(5)9-8-13(10-14(11)17)16(3,4)20-12(2)18/h10-11,13,15,19H,6-9H2,1-5H3/t11-,13+,15+,17+/m0/s1. The molecule has 2 aliphatic rings. The number of carbonyl (C=O) groups is 1. The first-order valence-electron chi connectivity index (χ1n) is 7.76. The van der Waals surface area contributed by atoms with Gasteiger partial charge in [-0.15, -0.1) is 0 Å². The molecule has 0 amide bonds. The van der Waals surface area contributed by atoms with Gasteiger partial charge in [0, 0.05) is 18.3 Å². The Hall–Kier alpha value is -0.830. The average Bonchev–Trinajstić information content (AvgIpc) is 2.32. The monoisotopic (exact) mass is 280 g/mol. The number of aliphatic hydroxyl groups is 1. The SMILES string of the molecule is CC(=O)OC(C)(C)[C@H]1C=C2[C@@H](C)CC[C@@H](O)[C@]2(C)CC1. The van der Waals surface area contributed by atoms with Crippen molar-refractivity contribution in [2.45, 2.75) is 72.0 Å². The van der Waals surface area contributed by atoms with Crippen LogP contribution in [0.5, 0.6) is 0 Å². The van der Waals surface area contributed by atoms with Crippen molar-refractivity contribution in [3.8, 4) is 0 Å². The van der Waals surface area contributed by atoms with Crippen molar-refractivity contribution in [2.24, 2.45) is 17.3 Å². The number of aliphatic hydroxyl groups excluding tert-OH is 1. The highest BCUT2D eigenvalue weighted by molar-refractivity contribution is 5.66. The predicted octanol–water partition coefficient (Wildman–Crippen LogP) is 3.46. The summed E-state index contributed by atoms with van der Waals surface area (Å²) < 4.78 is 5.51. The molecular weight excluding hydrogens is 252 g/mol. The third-order valence-electron chi connectivity index (χ3n) is 5.45. The van der Waals surface area contributed by atoms with E-state index in [1.54, 1.807) is 0 Å². The van der Waals surface area contributed by atoms with Gasteiger partial charge in [0.1, 0.15) is 5.60 Å². The quantitative estimate of drug-likeness (QED) is 0.622. The lowest BCUT2D eigenvalue weighted by Gasteiger charge is -2.49. The largest absolute Gasteiger partial charge is 0.459 e. The summed E-state index contributed by atoms with van der Waals surface area (Å²) in [5.74, 6) is 0.528. The fourth-order valence-corrected chi connectivity index (χ4v) is 4.05. The van der Waals surface area contributed by atoms with Crippen molar-refractivity contribution in [3.63, 3.8) is 0 Å². The molecule has 1 saturated carbocycles. The molecule has 0 aromatic carbocycles. The Morgan fingerprint density at radius 1 is 1.40 bits per heavy atom. The molecule has 1 fully saturated rings. The van der Waals surface area contributed by atoms with Crippen LogP contribution in [0, 0.1) is 17.3 Å². The van der Waals surface area contributed by atoms with Crippen molar-refractivity contribution >= 4 is 5.97 Å². The summed E-state index contributed by atoms with van der Waals surface area (Å²) in [6.07, 6.45) is 5.93. The first-order valence-corrected chi connectivity index (χ1v) is 7.76. The smallest absolute Gasteiger partial charge is 0.303 e. The second-order valence-electron chi connectivity index (χ2n) is 7.38. The fraction of sp³-hybridized carbons (Fsp3) is 0.824. The second kappa shape index (κ2) is 5.18. The Morgan fingerprint density at radius 2 is 2.05 bits per heavy atom. The van der Waals surface area contributed by atoms with E-state index in [9.17, 15) is 9.90 Å². The molecule has 0 aliphatic heterocycles. The molecule has 2 rings (SSSR count). The summed E-state index contributed by atoms with van der Waals surface area (Å²) in [6, 6.07) is 0. The van der Waals surface area contributed by atoms with E-state index in [-0.39, 0.29) is 23.4 Å². The van der Waals surface area contributed by atoms with Crippen LogP contribution in [-0.2, 0) is 9.53 Å². The van der Waals surface area contributed by atoms with Gasteiger partial charge in [0.25, 0.3) is 0 Å². The van der Waals surface area contributed by atoms with Gasteiger partial charge in [-0.2, -0.15) is 0 Å². The molecule has 0 radical (unpaired) electrons. The number of hydrogen-bond donors (Lipinski definition) is 1. The molecular formula is C17H28O3. The molecule has 4 atom stereocenters. The van der Waals surface area contributed by atoms with Crippen molar-refractivity contribution in [3.05, 3.63) is 11.6 Å². The lowest BCUT2D eigenvalue weighted by Crippen LogP contribution is -2.46. The van der Waals surface area contributed by atoms with Crippen LogP contribution in [0.2, 0.25) is 0 Å². The van der Waals surface area contributed by atoms with Crippen molar-refractivity contribution < 1.29 is 14.6 Å². The fourth-order valence-electron chi connectivity index (χ4n) is 4.05. The number of fused-ring (bicyclic) bond motifs is 1. The summed E-state index contributed by atoms with van der Waals surface area (Å²) in [4.78, 5) is 11.3. The van der Waals surface area contributed by atoms with Gasteiger partial charge >= 0.3 is 5.97 Å². The second-order valence-corrected chi connectivity index (χ2v) is 7.38. The molecule has 114 valence electrons. The van der Waals surface area contributed by atoms with Crippen LogP contribution < -0.4 is 0 Å². The molecule has 0 bridgehead atoms. The minimum atomic E-state index is -0.470. The van der Waals surface area contributed by atoms with Gasteiger partial charge in [-0.1, -0.05) is 25.5 Å². The molecule has 0 heterocycles. The van der Waals surface area contributed by atoms with Gasteiger partial charge in [0.15, 0.2) is 0 Å². The zero-order valence-electron chi connectivity index (χ0n) is 13.4. The van der Waals surface area contributed by atoms with Crippen molar-refractivity contribution in [1.29, 1.82) is 0 Å². The number of rotatable bonds is 2. The molecule has 0 spiro atoms. The van der Waals surface area contributed by atoms with Gasteiger partial charge in [-0.05, 0) is 45.4 Å². The van der Waals surface area contributed by atoms with Crippen molar-refractivity contribution in [2.75, 3.05) is 0 Å². The van der Waals surface area contributed by atoms with E-state index < -0.39 is 5.60 Å². The van der Waals surface area contributed by atoms with Gasteiger partial charge in [-0.25, -0.2) is 0 Å². The van der Waals surface area contributed by atoms with Crippen LogP contribution >= 0.6 is 0 Å². The lowest BCUT2D eigenvalue weighted by molar-refractivity contribution is -0.158. The van der Waals surface area contributed by atoms with E-state index in [4.69, 9.17) is 4.74 Å². The van der Waals surface area contributed by atoms with Gasteiger partial charge in [0.05, 0.1) is 6.10 Å². The van der Waals surface area contributed by atoms with E-state index in [0.29, 0.717) is 5.92 Å². The molecule has 3 nitrogen and oxygen atoms in total. The van der Waals surface area contributed by atoms with E-state index in [1.807, 2.05) is 13.8 Å². The molecule has 2 aliphatic carbocycles. The van der Waals surface area contributed by atoms with Crippen LogP contribution in [0.4, 0.5) is 0 Å². The average molecular weight is 280 g/mol. The summed E-state index contributed by atoms with van der Waals surface area (Å²) in [6.45, 7) is 9.88. The molecule has 0 saturated heterocycles. The Balaban J connectivity index is 2.29. The van der Waals surface area contributed by atoms with Crippen LogP contribution in [0.25, 0.3) is 0 Å². The third-order valence-corrected chi connectivity index (χ3v) is 5.45. The first-order chi connectivity index (χ1) is 9.17. The van der Waals surface area contributed by atoms with Crippen LogP contribution in [0.3, 0.4) is 0 Å². The highest BCUT2D eigenvalue weighted by Gasteiger charge is 2.47. The van der Waals surface area contributed by atoms with Gasteiger partial charge in [0.2, 0.25) is 0 Å². The third kappa shape index (κ3) is 2.65. The number of esters is 1. The Morgan fingerprint density at radius 3 is 2.65 bits per heavy atom. The van der Waals surface area contributed by atoms with Crippen molar-refractivity contribution in [1.82, 2.24) is 0 Å². The summed E-state index contributed by atoms with van der Waals surface area (Å²) in [5.41, 5.74) is 0.815. The maximum Gasteiger partial charge on any atom is 0.303 e. The molecule has 20 heavy (non-hydrogen) atoms. The van der Waals surface area contributed by atoms with E-state index in [0.717, 1.165) is 25.7 Å². The maximum atomic E-state index is 11.3. The molecule has 0 aromatic rings. The summed E-state index contributed by atoms with van der Waals surface area (Å²) in [7, 11) is 0. The minimum absolute atomic E-state index is 0.0829. The Bertz CT molecular complexity index is 424. The Labute approximate surface area is 122 Å². The highest BCUT2D eigenvalue weighted by Crippen LogP contribution is 2.52. The van der Waals surface area contributed by atoms with Gasteiger partial charge in [-0.3, -0.25) is 4.79 Å². The number of carbonyl (C=O) groups excluding carboxylic acids is 1. The molecule has 3 heteroatoms. The van der Waals surface area contributed by atoms with Crippen LogP contribution in [0.15, 0.2) is 11.6 Å². The maximum absolute atomic E-state index is 11.3. The normalized spacial score (nSPS) is 37.9. The topological polar surface area (TPSA) is 46.5 Å². The van der Waals surface area contributed by atoms with E-state index in [1.165, 1.54) is 12.5 Å². The van der Waals surface area contributed by atoms with Crippen LogP contribution in [-0.4, -0.2) is 22.8 Å². The highest BCUT2D eigenvalue weighted by atomic mass is 16.6. The zero-order valence-corrected chi connectivity index (χ0v) is 13.4. The number of hydrogen-bond acceptors (Lipinski definition) is 3.